The van der Waals surface area contributed by atoms with Crippen LogP contribution in [0.4, 0.5) is 4.79 Å². The molecule has 2 rings (SSSR count). The van der Waals surface area contributed by atoms with E-state index in [1.807, 2.05) is 24.4 Å². The van der Waals surface area contributed by atoms with Gasteiger partial charge in [0.2, 0.25) is 10.0 Å². The summed E-state index contributed by atoms with van der Waals surface area (Å²) >= 11 is 1.63. The summed E-state index contributed by atoms with van der Waals surface area (Å²) in [5.74, 6) is 0. The predicted octanol–water partition coefficient (Wildman–Crippen LogP) is 1.92. The summed E-state index contributed by atoms with van der Waals surface area (Å²) in [6, 6.07) is 3.86. The number of urea groups is 1. The molecule has 1 aromatic heterocycles. The summed E-state index contributed by atoms with van der Waals surface area (Å²) in [4.78, 5) is 13.2. The van der Waals surface area contributed by atoms with Gasteiger partial charge >= 0.3 is 6.03 Å². The van der Waals surface area contributed by atoms with Crippen LogP contribution in [0.25, 0.3) is 0 Å². The van der Waals surface area contributed by atoms with Gasteiger partial charge in [0.1, 0.15) is 0 Å². The first-order valence-corrected chi connectivity index (χ1v) is 10.2. The molecule has 0 aliphatic carbocycles. The Kier molecular flexibility index (Phi) is 5.82. The van der Waals surface area contributed by atoms with Gasteiger partial charge in [0.15, 0.2) is 0 Å². The zero-order valence-electron chi connectivity index (χ0n) is 12.9. The monoisotopic (exact) mass is 345 g/mol. The standard InChI is InChI=1S/C14H23N3O3S2/c1-3-12(13-5-4-10-21-13)16-14(18)15-11-6-8-17(9-7-11)22(2,19)20/h4-5,10-12H,3,6-9H2,1-2H3,(H2,15,16,18)/t12-/m0/s1. The predicted molar refractivity (Wildman–Crippen MR) is 88.5 cm³/mol. The Morgan fingerprint density at radius 2 is 2.14 bits per heavy atom. The van der Waals surface area contributed by atoms with Crippen LogP contribution >= 0.6 is 11.3 Å². The average molecular weight is 345 g/mol. The van der Waals surface area contributed by atoms with E-state index in [4.69, 9.17) is 0 Å². The van der Waals surface area contributed by atoms with Crippen LogP contribution < -0.4 is 10.6 Å². The topological polar surface area (TPSA) is 78.5 Å². The molecule has 1 aliphatic heterocycles. The van der Waals surface area contributed by atoms with Gasteiger partial charge < -0.3 is 10.6 Å². The molecule has 124 valence electrons. The molecule has 0 spiro atoms. The first-order valence-electron chi connectivity index (χ1n) is 7.45. The Hall–Kier alpha value is -1.12. The number of rotatable bonds is 5. The highest BCUT2D eigenvalue weighted by Gasteiger charge is 2.26. The number of piperidine rings is 1. The van der Waals surface area contributed by atoms with Crippen LogP contribution in [0.2, 0.25) is 0 Å². The zero-order chi connectivity index (χ0) is 16.2. The molecular formula is C14H23N3O3S2. The van der Waals surface area contributed by atoms with E-state index >= 15 is 0 Å². The molecule has 8 heteroatoms. The van der Waals surface area contributed by atoms with Crippen molar-refractivity contribution in [1.29, 1.82) is 0 Å². The number of thiophene rings is 1. The third kappa shape index (κ3) is 4.69. The molecule has 0 radical (unpaired) electrons. The highest BCUT2D eigenvalue weighted by Crippen LogP contribution is 2.21. The first kappa shape index (κ1) is 17.2. The zero-order valence-corrected chi connectivity index (χ0v) is 14.5. The van der Waals surface area contributed by atoms with E-state index in [1.165, 1.54) is 10.6 Å². The Labute approximate surface area is 135 Å². The molecule has 6 nitrogen and oxygen atoms in total. The molecule has 22 heavy (non-hydrogen) atoms. The van der Waals surface area contributed by atoms with E-state index in [1.54, 1.807) is 11.3 Å². The SMILES string of the molecule is CC[C@H](NC(=O)NC1CCN(S(C)(=O)=O)CC1)c1cccs1. The number of nitrogens with zero attached hydrogens (tertiary/aromatic N) is 1. The fourth-order valence-electron chi connectivity index (χ4n) is 2.58. The van der Waals surface area contributed by atoms with Crippen molar-refractivity contribution in [2.45, 2.75) is 38.3 Å². The molecule has 2 heterocycles. The Balaban J connectivity index is 1.81. The Morgan fingerprint density at radius 1 is 1.45 bits per heavy atom. The smallest absolute Gasteiger partial charge is 0.315 e. The molecule has 0 saturated carbocycles. The normalized spacial score (nSPS) is 18.8. The maximum absolute atomic E-state index is 12.1. The number of hydrogen-bond acceptors (Lipinski definition) is 4. The number of amides is 2. The minimum absolute atomic E-state index is 0.0242. The van der Waals surface area contributed by atoms with Crippen LogP contribution in [0.5, 0.6) is 0 Å². The largest absolute Gasteiger partial charge is 0.335 e. The van der Waals surface area contributed by atoms with Crippen molar-refractivity contribution >= 4 is 27.4 Å². The van der Waals surface area contributed by atoms with Crippen LogP contribution in [0.15, 0.2) is 17.5 Å². The van der Waals surface area contributed by atoms with Gasteiger partial charge in [-0.25, -0.2) is 17.5 Å². The molecule has 0 aromatic carbocycles. The molecule has 1 aromatic rings. The van der Waals surface area contributed by atoms with Gasteiger partial charge in [-0.3, -0.25) is 0 Å². The second-order valence-corrected chi connectivity index (χ2v) is 8.49. The van der Waals surface area contributed by atoms with Crippen LogP contribution in [0.1, 0.15) is 37.1 Å². The third-order valence-corrected chi connectivity index (χ3v) is 6.15. The number of carbonyl (C=O) groups excluding carboxylic acids is 1. The van der Waals surface area contributed by atoms with E-state index in [9.17, 15) is 13.2 Å². The van der Waals surface area contributed by atoms with Gasteiger partial charge in [-0.15, -0.1) is 11.3 Å². The van der Waals surface area contributed by atoms with Gasteiger partial charge in [-0.05, 0) is 30.7 Å². The van der Waals surface area contributed by atoms with Crippen molar-refractivity contribution in [1.82, 2.24) is 14.9 Å². The summed E-state index contributed by atoms with van der Waals surface area (Å²) < 4.78 is 24.4. The second-order valence-electron chi connectivity index (χ2n) is 5.53. The molecule has 2 N–H and O–H groups in total. The summed E-state index contributed by atoms with van der Waals surface area (Å²) in [7, 11) is -3.12. The molecule has 1 aliphatic rings. The summed E-state index contributed by atoms with van der Waals surface area (Å²) in [5.41, 5.74) is 0. The molecule has 1 saturated heterocycles. The lowest BCUT2D eigenvalue weighted by molar-refractivity contribution is 0.224. The minimum Gasteiger partial charge on any atom is -0.335 e. The lowest BCUT2D eigenvalue weighted by Crippen LogP contribution is -2.49. The van der Waals surface area contributed by atoms with Crippen molar-refractivity contribution in [2.24, 2.45) is 0 Å². The molecule has 2 amide bonds. The maximum atomic E-state index is 12.1. The van der Waals surface area contributed by atoms with Crippen LogP contribution in [0, 0.1) is 0 Å². The highest BCUT2D eigenvalue weighted by molar-refractivity contribution is 7.88. The fraction of sp³-hybridized carbons (Fsp3) is 0.643. The molecule has 0 unspecified atom stereocenters. The third-order valence-electron chi connectivity index (χ3n) is 3.86. The highest BCUT2D eigenvalue weighted by atomic mass is 32.2. The second kappa shape index (κ2) is 7.43. The molecular weight excluding hydrogens is 322 g/mol. The van der Waals surface area contributed by atoms with E-state index in [0.717, 1.165) is 11.3 Å². The molecule has 0 bridgehead atoms. The van der Waals surface area contributed by atoms with Gasteiger partial charge in [0.05, 0.1) is 12.3 Å². The quantitative estimate of drug-likeness (QED) is 0.856. The number of carbonyl (C=O) groups is 1. The van der Waals surface area contributed by atoms with Crippen molar-refractivity contribution < 1.29 is 13.2 Å². The molecule has 1 fully saturated rings. The average Bonchev–Trinajstić information content (AvgIpc) is 2.98. The summed E-state index contributed by atoms with van der Waals surface area (Å²) in [6.07, 6.45) is 3.35. The van der Waals surface area contributed by atoms with E-state index in [-0.39, 0.29) is 18.1 Å². The first-order chi connectivity index (χ1) is 10.4. The number of nitrogens with one attached hydrogen (secondary N) is 2. The summed E-state index contributed by atoms with van der Waals surface area (Å²) in [6.45, 7) is 2.97. The van der Waals surface area contributed by atoms with E-state index < -0.39 is 10.0 Å². The van der Waals surface area contributed by atoms with Crippen LogP contribution in [-0.4, -0.2) is 44.1 Å². The lowest BCUT2D eigenvalue weighted by Gasteiger charge is -2.31. The van der Waals surface area contributed by atoms with Crippen LogP contribution in [0.3, 0.4) is 0 Å². The lowest BCUT2D eigenvalue weighted by atomic mass is 10.1. The molecule has 1 atom stereocenters. The minimum atomic E-state index is -3.12. The van der Waals surface area contributed by atoms with E-state index in [2.05, 4.69) is 10.6 Å². The number of hydrogen-bond donors (Lipinski definition) is 2. The van der Waals surface area contributed by atoms with Crippen LogP contribution in [-0.2, 0) is 10.0 Å². The van der Waals surface area contributed by atoms with Gasteiger partial charge in [0.25, 0.3) is 0 Å². The van der Waals surface area contributed by atoms with Gasteiger partial charge in [0, 0.05) is 24.0 Å². The number of sulfonamides is 1. The Morgan fingerprint density at radius 3 is 2.64 bits per heavy atom. The maximum Gasteiger partial charge on any atom is 0.315 e. The van der Waals surface area contributed by atoms with Crippen molar-refractivity contribution in [3.63, 3.8) is 0 Å². The Bertz CT molecular complexity index is 578. The van der Waals surface area contributed by atoms with Crippen molar-refractivity contribution in [2.75, 3.05) is 19.3 Å². The van der Waals surface area contributed by atoms with E-state index in [0.29, 0.717) is 25.9 Å². The van der Waals surface area contributed by atoms with Gasteiger partial charge in [-0.1, -0.05) is 13.0 Å². The summed E-state index contributed by atoms with van der Waals surface area (Å²) in [5, 5.41) is 7.94. The fourth-order valence-corrected chi connectivity index (χ4v) is 4.32. The van der Waals surface area contributed by atoms with Crippen molar-refractivity contribution in [3.05, 3.63) is 22.4 Å². The van der Waals surface area contributed by atoms with Crippen molar-refractivity contribution in [3.8, 4) is 0 Å². The van der Waals surface area contributed by atoms with Gasteiger partial charge in [-0.2, -0.15) is 0 Å².